The quantitative estimate of drug-likeness (QED) is 0.818. The molecule has 140 valence electrons. The van der Waals surface area contributed by atoms with Crippen molar-refractivity contribution >= 4 is 17.5 Å². The van der Waals surface area contributed by atoms with Gasteiger partial charge >= 0.3 is 6.03 Å². The highest BCUT2D eigenvalue weighted by Crippen LogP contribution is 2.45. The molecule has 4 rings (SSSR count). The number of benzene rings is 1. The van der Waals surface area contributed by atoms with Gasteiger partial charge in [-0.25, -0.2) is 4.79 Å². The van der Waals surface area contributed by atoms with Crippen LogP contribution in [0.3, 0.4) is 0 Å². The molecule has 2 saturated heterocycles. The van der Waals surface area contributed by atoms with Crippen molar-refractivity contribution in [3.05, 3.63) is 59.9 Å². The van der Waals surface area contributed by atoms with Gasteiger partial charge in [-0.2, -0.15) is 0 Å². The van der Waals surface area contributed by atoms with Crippen LogP contribution in [0, 0.1) is 0 Å². The maximum Gasteiger partial charge on any atom is 0.322 e. The van der Waals surface area contributed by atoms with Gasteiger partial charge in [0.2, 0.25) is 0 Å². The van der Waals surface area contributed by atoms with Crippen LogP contribution in [0.15, 0.2) is 48.8 Å². The van der Waals surface area contributed by atoms with E-state index in [1.165, 1.54) is 6.92 Å². The molecule has 0 saturated carbocycles. The summed E-state index contributed by atoms with van der Waals surface area (Å²) in [5, 5.41) is 14.1. The lowest BCUT2D eigenvalue weighted by molar-refractivity contribution is -0.0424. The summed E-state index contributed by atoms with van der Waals surface area (Å²) in [6.07, 6.45) is 6.19. The molecular formula is C21H23N3O3. The van der Waals surface area contributed by atoms with Crippen molar-refractivity contribution in [3.8, 4) is 0 Å². The third-order valence-corrected chi connectivity index (χ3v) is 5.72. The molecule has 2 N–H and O–H groups in total. The molecule has 2 bridgehead atoms. The van der Waals surface area contributed by atoms with E-state index in [9.17, 15) is 14.7 Å². The molecule has 6 nitrogen and oxygen atoms in total. The first-order valence-corrected chi connectivity index (χ1v) is 9.29. The van der Waals surface area contributed by atoms with Crippen LogP contribution in [0.2, 0.25) is 0 Å². The Balaban J connectivity index is 1.51. The number of carbonyl (C=O) groups is 2. The minimum atomic E-state index is -0.939. The largest absolute Gasteiger partial charge is 0.385 e. The van der Waals surface area contributed by atoms with E-state index in [1.807, 2.05) is 17.0 Å². The van der Waals surface area contributed by atoms with Gasteiger partial charge in [-0.1, -0.05) is 18.2 Å². The van der Waals surface area contributed by atoms with E-state index < -0.39 is 5.60 Å². The number of nitrogens with one attached hydrogen (secondary N) is 1. The molecule has 3 heterocycles. The van der Waals surface area contributed by atoms with Gasteiger partial charge < -0.3 is 15.3 Å². The van der Waals surface area contributed by atoms with Crippen LogP contribution in [-0.4, -0.2) is 38.9 Å². The fraction of sp³-hybridized carbons (Fsp3) is 0.381. The highest BCUT2D eigenvalue weighted by molar-refractivity contribution is 5.96. The lowest BCUT2D eigenvalue weighted by atomic mass is 9.81. The van der Waals surface area contributed by atoms with Crippen molar-refractivity contribution in [1.29, 1.82) is 0 Å². The summed E-state index contributed by atoms with van der Waals surface area (Å²) in [5.41, 5.74) is 1.06. The van der Waals surface area contributed by atoms with Gasteiger partial charge in [0.1, 0.15) is 0 Å². The third-order valence-electron chi connectivity index (χ3n) is 5.72. The molecule has 2 aromatic rings. The molecule has 2 aliphatic rings. The van der Waals surface area contributed by atoms with E-state index in [1.54, 1.807) is 36.7 Å². The predicted molar refractivity (Wildman–Crippen MR) is 101 cm³/mol. The first-order valence-electron chi connectivity index (χ1n) is 9.29. The number of rotatable bonds is 3. The zero-order valence-corrected chi connectivity index (χ0v) is 15.3. The van der Waals surface area contributed by atoms with E-state index in [4.69, 9.17) is 0 Å². The van der Waals surface area contributed by atoms with E-state index in [2.05, 4.69) is 10.3 Å². The molecule has 3 atom stereocenters. The van der Waals surface area contributed by atoms with Crippen LogP contribution in [0.4, 0.5) is 10.5 Å². The Bertz CT molecular complexity index is 854. The summed E-state index contributed by atoms with van der Waals surface area (Å²) in [4.78, 5) is 30.4. The van der Waals surface area contributed by atoms with Crippen molar-refractivity contribution < 1.29 is 14.7 Å². The second-order valence-corrected chi connectivity index (χ2v) is 7.54. The zero-order valence-electron chi connectivity index (χ0n) is 15.3. The second kappa shape index (κ2) is 6.78. The first-order chi connectivity index (χ1) is 13.0. The smallest absolute Gasteiger partial charge is 0.322 e. The Hall–Kier alpha value is -2.73. The molecule has 0 spiro atoms. The van der Waals surface area contributed by atoms with Crippen molar-refractivity contribution in [3.63, 3.8) is 0 Å². The fourth-order valence-electron chi connectivity index (χ4n) is 4.43. The van der Waals surface area contributed by atoms with Crippen LogP contribution in [-0.2, 0) is 5.60 Å². The second-order valence-electron chi connectivity index (χ2n) is 7.54. The Morgan fingerprint density at radius 1 is 1.19 bits per heavy atom. The predicted octanol–water partition coefficient (Wildman–Crippen LogP) is 3.33. The van der Waals surface area contributed by atoms with Gasteiger partial charge in [0.25, 0.3) is 0 Å². The lowest BCUT2D eigenvalue weighted by Gasteiger charge is -2.43. The number of piperidine rings is 1. The number of Topliss-reactive ketones (excluding diaryl/α,β-unsaturated/α-hetero) is 1. The molecular weight excluding hydrogens is 342 g/mol. The van der Waals surface area contributed by atoms with Crippen molar-refractivity contribution in [1.82, 2.24) is 9.88 Å². The number of hydrogen-bond donors (Lipinski definition) is 2. The molecule has 27 heavy (non-hydrogen) atoms. The van der Waals surface area contributed by atoms with Gasteiger partial charge in [0.15, 0.2) is 5.78 Å². The number of amides is 2. The van der Waals surface area contributed by atoms with Crippen molar-refractivity contribution in [2.45, 2.75) is 50.3 Å². The molecule has 6 heteroatoms. The van der Waals surface area contributed by atoms with Gasteiger partial charge in [-0.05, 0) is 38.0 Å². The zero-order chi connectivity index (χ0) is 19.0. The lowest BCUT2D eigenvalue weighted by Crippen LogP contribution is -2.53. The number of carbonyl (C=O) groups excluding carboxylic acids is 2. The highest BCUT2D eigenvalue weighted by atomic mass is 16.3. The molecule has 1 aromatic heterocycles. The van der Waals surface area contributed by atoms with Gasteiger partial charge in [-0.3, -0.25) is 9.78 Å². The van der Waals surface area contributed by atoms with Gasteiger partial charge in [-0.15, -0.1) is 0 Å². The van der Waals surface area contributed by atoms with Crippen LogP contribution in [0.25, 0.3) is 0 Å². The standard InChI is InChI=1S/C21H23N3O3/c1-14(25)15-4-2-6-17(10-15)23-20(26)24-18-7-8-19(24)12-21(27,11-18)16-5-3-9-22-13-16/h2-6,9-10,13,18-19,27H,7-8,11-12H2,1H3,(H,23,26)/t18-,19+,21?. The van der Waals surface area contributed by atoms with E-state index >= 15 is 0 Å². The SMILES string of the molecule is CC(=O)c1cccc(NC(=O)N2[C@@H]3CC[C@H]2CC(O)(c2cccnc2)C3)c1. The van der Waals surface area contributed by atoms with Crippen LogP contribution in [0.5, 0.6) is 0 Å². The highest BCUT2D eigenvalue weighted by Gasteiger charge is 2.50. The monoisotopic (exact) mass is 365 g/mol. The third kappa shape index (κ3) is 3.32. The summed E-state index contributed by atoms with van der Waals surface area (Å²) in [6, 6.07) is 10.5. The normalized spacial score (nSPS) is 26.7. The number of nitrogens with zero attached hydrogens (tertiary/aromatic N) is 2. The first kappa shape index (κ1) is 17.7. The molecule has 2 fully saturated rings. The Morgan fingerprint density at radius 2 is 1.93 bits per heavy atom. The summed E-state index contributed by atoms with van der Waals surface area (Å²) >= 11 is 0. The molecule has 0 radical (unpaired) electrons. The van der Waals surface area contributed by atoms with Gasteiger partial charge in [0, 0.05) is 54.1 Å². The van der Waals surface area contributed by atoms with E-state index in [0.717, 1.165) is 18.4 Å². The summed E-state index contributed by atoms with van der Waals surface area (Å²) in [7, 11) is 0. The Labute approximate surface area is 158 Å². The summed E-state index contributed by atoms with van der Waals surface area (Å²) < 4.78 is 0. The number of anilines is 1. The van der Waals surface area contributed by atoms with E-state index in [-0.39, 0.29) is 23.9 Å². The maximum absolute atomic E-state index is 12.9. The average Bonchev–Trinajstić information content (AvgIpc) is 2.95. The minimum absolute atomic E-state index is 0.00931. The fourth-order valence-corrected chi connectivity index (χ4v) is 4.43. The minimum Gasteiger partial charge on any atom is -0.385 e. The Morgan fingerprint density at radius 3 is 2.56 bits per heavy atom. The molecule has 0 aliphatic carbocycles. The topological polar surface area (TPSA) is 82.5 Å². The molecule has 2 aliphatic heterocycles. The number of hydrogen-bond acceptors (Lipinski definition) is 4. The number of urea groups is 1. The number of aliphatic hydroxyl groups is 1. The summed E-state index contributed by atoms with van der Waals surface area (Å²) in [5.74, 6) is -0.0364. The van der Waals surface area contributed by atoms with Crippen LogP contribution < -0.4 is 5.32 Å². The van der Waals surface area contributed by atoms with E-state index in [0.29, 0.717) is 24.1 Å². The molecule has 2 amide bonds. The number of pyridine rings is 1. The van der Waals surface area contributed by atoms with Crippen molar-refractivity contribution in [2.24, 2.45) is 0 Å². The summed E-state index contributed by atoms with van der Waals surface area (Å²) in [6.45, 7) is 1.51. The van der Waals surface area contributed by atoms with Crippen LogP contribution in [0.1, 0.15) is 48.5 Å². The average molecular weight is 365 g/mol. The van der Waals surface area contributed by atoms with Gasteiger partial charge in [0.05, 0.1) is 5.60 Å². The van der Waals surface area contributed by atoms with Crippen molar-refractivity contribution in [2.75, 3.05) is 5.32 Å². The van der Waals surface area contributed by atoms with Crippen LogP contribution >= 0.6 is 0 Å². The number of aromatic nitrogens is 1. The number of ketones is 1. The molecule has 1 aromatic carbocycles. The maximum atomic E-state index is 12.9. The Kier molecular flexibility index (Phi) is 4.44. The number of fused-ring (bicyclic) bond motifs is 2. The molecule has 1 unspecified atom stereocenters.